The number of thioether (sulfide) groups is 1. The van der Waals surface area contributed by atoms with Gasteiger partial charge in [-0.25, -0.2) is 0 Å². The molecule has 0 radical (unpaired) electrons. The quantitative estimate of drug-likeness (QED) is 0.762. The minimum atomic E-state index is 0.395. The molecule has 0 saturated heterocycles. The number of hydrogen-bond donors (Lipinski definition) is 0. The molecule has 0 N–H and O–H groups in total. The molecular weight excluding hydrogens is 220 g/mol. The van der Waals surface area contributed by atoms with Gasteiger partial charge in [-0.05, 0) is 25.5 Å². The maximum Gasteiger partial charge on any atom is 0.191 e. The van der Waals surface area contributed by atoms with Crippen LogP contribution in [0.3, 0.4) is 0 Å². The lowest BCUT2D eigenvalue weighted by Crippen LogP contribution is -2.00. The molecule has 0 amide bonds. The Balaban J connectivity index is 2.02. The standard InChI is InChI=1S/C11H14N4S/c1-9(2)15-8-13-14-11(15)16-7-10-4-3-5-12-6-10/h3-6,8-9H,7H2,1-2H3. The van der Waals surface area contributed by atoms with Crippen LogP contribution in [0.2, 0.25) is 0 Å². The Morgan fingerprint density at radius 2 is 2.31 bits per heavy atom. The topological polar surface area (TPSA) is 43.6 Å². The number of aromatic nitrogens is 4. The van der Waals surface area contributed by atoms with Crippen LogP contribution >= 0.6 is 11.8 Å². The highest BCUT2D eigenvalue weighted by Gasteiger charge is 2.07. The zero-order valence-electron chi connectivity index (χ0n) is 9.37. The van der Waals surface area contributed by atoms with Crippen molar-refractivity contribution in [3.05, 3.63) is 36.4 Å². The predicted molar refractivity (Wildman–Crippen MR) is 64.2 cm³/mol. The number of nitrogens with zero attached hydrogens (tertiary/aromatic N) is 4. The van der Waals surface area contributed by atoms with Crippen molar-refractivity contribution in [1.29, 1.82) is 0 Å². The van der Waals surface area contributed by atoms with Crippen molar-refractivity contribution in [2.75, 3.05) is 0 Å². The molecule has 0 spiro atoms. The number of pyridine rings is 1. The summed E-state index contributed by atoms with van der Waals surface area (Å²) in [5.74, 6) is 0.874. The fourth-order valence-electron chi connectivity index (χ4n) is 1.32. The lowest BCUT2D eigenvalue weighted by Gasteiger charge is -2.08. The van der Waals surface area contributed by atoms with Gasteiger partial charge in [0.25, 0.3) is 0 Å². The van der Waals surface area contributed by atoms with Gasteiger partial charge in [0.2, 0.25) is 0 Å². The SMILES string of the molecule is CC(C)n1cnnc1SCc1cccnc1. The van der Waals surface area contributed by atoms with E-state index in [1.54, 1.807) is 24.3 Å². The lowest BCUT2D eigenvalue weighted by atomic mass is 10.3. The summed E-state index contributed by atoms with van der Waals surface area (Å²) in [5.41, 5.74) is 1.20. The van der Waals surface area contributed by atoms with Gasteiger partial charge in [0.15, 0.2) is 5.16 Å². The van der Waals surface area contributed by atoms with E-state index < -0.39 is 0 Å². The first-order chi connectivity index (χ1) is 7.77. The van der Waals surface area contributed by atoms with E-state index in [-0.39, 0.29) is 0 Å². The largest absolute Gasteiger partial charge is 0.306 e. The molecule has 0 unspecified atom stereocenters. The molecule has 0 saturated carbocycles. The van der Waals surface area contributed by atoms with E-state index in [1.807, 2.05) is 12.3 Å². The Morgan fingerprint density at radius 3 is 3.00 bits per heavy atom. The Bertz CT molecular complexity index is 438. The lowest BCUT2D eigenvalue weighted by molar-refractivity contribution is 0.549. The summed E-state index contributed by atoms with van der Waals surface area (Å²) in [6.45, 7) is 4.25. The molecule has 0 bridgehead atoms. The van der Waals surface area contributed by atoms with Crippen molar-refractivity contribution in [3.8, 4) is 0 Å². The van der Waals surface area contributed by atoms with Crippen molar-refractivity contribution in [2.45, 2.75) is 30.8 Å². The average molecular weight is 234 g/mol. The molecule has 0 aliphatic rings. The highest BCUT2D eigenvalue weighted by atomic mass is 32.2. The van der Waals surface area contributed by atoms with Gasteiger partial charge < -0.3 is 4.57 Å². The zero-order chi connectivity index (χ0) is 11.4. The van der Waals surface area contributed by atoms with Crippen molar-refractivity contribution in [1.82, 2.24) is 19.7 Å². The molecule has 2 aromatic heterocycles. The molecule has 0 aliphatic heterocycles. The van der Waals surface area contributed by atoms with Crippen LogP contribution in [0, 0.1) is 0 Å². The van der Waals surface area contributed by atoms with Gasteiger partial charge in [0, 0.05) is 24.2 Å². The number of rotatable bonds is 4. The Labute approximate surface area is 99.1 Å². The van der Waals surface area contributed by atoms with Crippen LogP contribution in [-0.2, 0) is 5.75 Å². The van der Waals surface area contributed by atoms with Gasteiger partial charge in [-0.1, -0.05) is 17.8 Å². The van der Waals surface area contributed by atoms with Gasteiger partial charge in [-0.15, -0.1) is 10.2 Å². The maximum atomic E-state index is 4.11. The molecule has 16 heavy (non-hydrogen) atoms. The smallest absolute Gasteiger partial charge is 0.191 e. The Kier molecular flexibility index (Phi) is 3.56. The van der Waals surface area contributed by atoms with E-state index >= 15 is 0 Å². The summed E-state index contributed by atoms with van der Waals surface area (Å²) >= 11 is 1.68. The third-order valence-corrected chi connectivity index (χ3v) is 3.22. The monoisotopic (exact) mass is 234 g/mol. The first-order valence-corrected chi connectivity index (χ1v) is 6.17. The molecule has 0 aromatic carbocycles. The minimum Gasteiger partial charge on any atom is -0.306 e. The molecule has 0 atom stereocenters. The van der Waals surface area contributed by atoms with E-state index in [9.17, 15) is 0 Å². The van der Waals surface area contributed by atoms with E-state index in [0.717, 1.165) is 10.9 Å². The molecule has 84 valence electrons. The Morgan fingerprint density at radius 1 is 1.44 bits per heavy atom. The fourth-order valence-corrected chi connectivity index (χ4v) is 2.30. The highest BCUT2D eigenvalue weighted by Crippen LogP contribution is 2.22. The van der Waals surface area contributed by atoms with Gasteiger partial charge in [0.05, 0.1) is 0 Å². The van der Waals surface area contributed by atoms with Gasteiger partial charge in [-0.3, -0.25) is 4.98 Å². The van der Waals surface area contributed by atoms with E-state index in [2.05, 4.69) is 39.7 Å². The molecule has 5 heteroatoms. The summed E-state index contributed by atoms with van der Waals surface area (Å²) in [6, 6.07) is 4.41. The van der Waals surface area contributed by atoms with Crippen LogP contribution in [-0.4, -0.2) is 19.7 Å². The molecular formula is C11H14N4S. The summed E-state index contributed by atoms with van der Waals surface area (Å²) in [5, 5.41) is 9.00. The second-order valence-electron chi connectivity index (χ2n) is 3.76. The van der Waals surface area contributed by atoms with Crippen LogP contribution in [0.1, 0.15) is 25.5 Å². The van der Waals surface area contributed by atoms with Crippen LogP contribution in [0.15, 0.2) is 36.0 Å². The molecule has 0 fully saturated rings. The molecule has 0 aliphatic carbocycles. The van der Waals surface area contributed by atoms with Crippen molar-refractivity contribution in [3.63, 3.8) is 0 Å². The van der Waals surface area contributed by atoms with Crippen molar-refractivity contribution in [2.24, 2.45) is 0 Å². The molecule has 2 heterocycles. The van der Waals surface area contributed by atoms with Crippen molar-refractivity contribution < 1.29 is 0 Å². The Hall–Kier alpha value is -1.36. The molecule has 2 rings (SSSR count). The second-order valence-corrected chi connectivity index (χ2v) is 4.71. The summed E-state index contributed by atoms with van der Waals surface area (Å²) in [7, 11) is 0. The van der Waals surface area contributed by atoms with Gasteiger partial charge >= 0.3 is 0 Å². The summed E-state index contributed by atoms with van der Waals surface area (Å²) < 4.78 is 2.07. The predicted octanol–water partition coefficient (Wildman–Crippen LogP) is 2.55. The fraction of sp³-hybridized carbons (Fsp3) is 0.364. The zero-order valence-corrected chi connectivity index (χ0v) is 10.2. The van der Waals surface area contributed by atoms with Crippen LogP contribution < -0.4 is 0 Å². The third-order valence-electron chi connectivity index (χ3n) is 2.19. The minimum absolute atomic E-state index is 0.395. The summed E-state index contributed by atoms with van der Waals surface area (Å²) in [6.07, 6.45) is 5.43. The van der Waals surface area contributed by atoms with Gasteiger partial charge in [0.1, 0.15) is 6.33 Å². The third kappa shape index (κ3) is 2.61. The highest BCUT2D eigenvalue weighted by molar-refractivity contribution is 7.98. The first-order valence-electron chi connectivity index (χ1n) is 5.18. The van der Waals surface area contributed by atoms with E-state index in [0.29, 0.717) is 6.04 Å². The first kappa shape index (κ1) is 11.1. The van der Waals surface area contributed by atoms with Crippen LogP contribution in [0.4, 0.5) is 0 Å². The average Bonchev–Trinajstić information content (AvgIpc) is 2.76. The van der Waals surface area contributed by atoms with E-state index in [1.165, 1.54) is 5.56 Å². The maximum absolute atomic E-state index is 4.11. The van der Waals surface area contributed by atoms with Gasteiger partial charge in [-0.2, -0.15) is 0 Å². The van der Waals surface area contributed by atoms with Crippen LogP contribution in [0.25, 0.3) is 0 Å². The second kappa shape index (κ2) is 5.12. The summed E-state index contributed by atoms with van der Waals surface area (Å²) in [4.78, 5) is 4.09. The molecule has 2 aromatic rings. The van der Waals surface area contributed by atoms with Crippen molar-refractivity contribution >= 4 is 11.8 Å². The number of hydrogen-bond acceptors (Lipinski definition) is 4. The van der Waals surface area contributed by atoms with E-state index in [4.69, 9.17) is 0 Å². The normalized spacial score (nSPS) is 10.9. The van der Waals surface area contributed by atoms with Crippen LogP contribution in [0.5, 0.6) is 0 Å². The molecule has 4 nitrogen and oxygen atoms in total.